The van der Waals surface area contributed by atoms with Gasteiger partial charge in [0, 0.05) is 50.6 Å². The first-order valence-electron chi connectivity index (χ1n) is 2.98. The standard InChI is InChI=1S/C6H14O2.Lu/c1-3-4-8-6-5-7-2;/h3-6H2,1-2H3;. The molecule has 0 fully saturated rings. The summed E-state index contributed by atoms with van der Waals surface area (Å²) in [5, 5.41) is 0. The molecule has 0 aromatic rings. The molecule has 0 aliphatic rings. The summed E-state index contributed by atoms with van der Waals surface area (Å²) >= 11 is 0. The van der Waals surface area contributed by atoms with Crippen LogP contribution in [-0.2, 0) is 9.47 Å². The fraction of sp³-hybridized carbons (Fsp3) is 1.00. The first-order chi connectivity index (χ1) is 3.91. The molecular weight excluding hydrogens is 279 g/mol. The minimum absolute atomic E-state index is 0. The van der Waals surface area contributed by atoms with Crippen molar-refractivity contribution >= 4 is 0 Å². The van der Waals surface area contributed by atoms with Crippen molar-refractivity contribution in [3.05, 3.63) is 0 Å². The van der Waals surface area contributed by atoms with E-state index in [1.54, 1.807) is 7.11 Å². The summed E-state index contributed by atoms with van der Waals surface area (Å²) < 4.78 is 9.86. The monoisotopic (exact) mass is 293 g/mol. The van der Waals surface area contributed by atoms with Gasteiger partial charge in [0.15, 0.2) is 0 Å². The quantitative estimate of drug-likeness (QED) is 0.706. The van der Waals surface area contributed by atoms with Gasteiger partial charge in [-0.15, -0.1) is 0 Å². The molecular formula is C6H14LuO2. The normalized spacial score (nSPS) is 8.67. The van der Waals surface area contributed by atoms with Crippen LogP contribution in [0, 0.1) is 36.9 Å². The van der Waals surface area contributed by atoms with Gasteiger partial charge >= 0.3 is 0 Å². The zero-order chi connectivity index (χ0) is 6.24. The van der Waals surface area contributed by atoms with E-state index in [0.717, 1.165) is 19.6 Å². The van der Waals surface area contributed by atoms with Gasteiger partial charge in [-0.3, -0.25) is 0 Å². The maximum Gasteiger partial charge on any atom is 0.0700 e. The minimum atomic E-state index is 0. The SMILES string of the molecule is CCCOCCOC.[Lu]. The Morgan fingerprint density at radius 3 is 2.22 bits per heavy atom. The molecule has 0 N–H and O–H groups in total. The van der Waals surface area contributed by atoms with Crippen molar-refractivity contribution in [2.75, 3.05) is 26.9 Å². The van der Waals surface area contributed by atoms with Crippen LogP contribution in [0.2, 0.25) is 0 Å². The molecule has 0 aliphatic carbocycles. The first kappa shape index (κ1) is 12.8. The Bertz CT molecular complexity index is 36.0. The zero-order valence-corrected chi connectivity index (χ0v) is 7.56. The fourth-order valence-electron chi connectivity index (χ4n) is 0.389. The Hall–Kier alpha value is 1.15. The predicted molar refractivity (Wildman–Crippen MR) is 33.0 cm³/mol. The van der Waals surface area contributed by atoms with Crippen LogP contribution in [0.3, 0.4) is 0 Å². The third-order valence-electron chi connectivity index (χ3n) is 0.780. The van der Waals surface area contributed by atoms with Crippen molar-refractivity contribution in [3.63, 3.8) is 0 Å². The number of methoxy groups -OCH3 is 1. The maximum atomic E-state index is 5.10. The van der Waals surface area contributed by atoms with Gasteiger partial charge < -0.3 is 9.47 Å². The average Bonchev–Trinajstić information content (AvgIpc) is 1.81. The Morgan fingerprint density at radius 2 is 1.78 bits per heavy atom. The Balaban J connectivity index is 0. The van der Waals surface area contributed by atoms with E-state index in [4.69, 9.17) is 9.47 Å². The second-order valence-electron chi connectivity index (χ2n) is 1.61. The Labute approximate surface area is 86.1 Å². The molecule has 0 rings (SSSR count). The largest absolute Gasteiger partial charge is 0.382 e. The fourth-order valence-corrected chi connectivity index (χ4v) is 0.389. The van der Waals surface area contributed by atoms with Crippen molar-refractivity contribution in [2.24, 2.45) is 0 Å². The van der Waals surface area contributed by atoms with Crippen LogP contribution in [0.15, 0.2) is 0 Å². The van der Waals surface area contributed by atoms with Crippen molar-refractivity contribution in [1.82, 2.24) is 0 Å². The molecule has 2 nitrogen and oxygen atoms in total. The summed E-state index contributed by atoms with van der Waals surface area (Å²) in [6, 6.07) is 0. The van der Waals surface area contributed by atoms with Crippen molar-refractivity contribution in [3.8, 4) is 0 Å². The second-order valence-corrected chi connectivity index (χ2v) is 1.61. The van der Waals surface area contributed by atoms with Crippen molar-refractivity contribution in [2.45, 2.75) is 13.3 Å². The van der Waals surface area contributed by atoms with E-state index >= 15 is 0 Å². The zero-order valence-electron chi connectivity index (χ0n) is 5.90. The molecule has 0 heterocycles. The topological polar surface area (TPSA) is 18.5 Å². The van der Waals surface area contributed by atoms with Crippen LogP contribution in [0.25, 0.3) is 0 Å². The number of ether oxygens (including phenoxy) is 2. The van der Waals surface area contributed by atoms with Crippen LogP contribution < -0.4 is 0 Å². The van der Waals surface area contributed by atoms with Gasteiger partial charge in [0.05, 0.1) is 13.2 Å². The predicted octanol–water partition coefficient (Wildman–Crippen LogP) is 1.06. The van der Waals surface area contributed by atoms with E-state index in [0.29, 0.717) is 6.61 Å². The molecule has 0 saturated carbocycles. The minimum Gasteiger partial charge on any atom is -0.382 e. The van der Waals surface area contributed by atoms with Crippen LogP contribution >= 0.6 is 0 Å². The molecule has 0 amide bonds. The van der Waals surface area contributed by atoms with Gasteiger partial charge in [0.1, 0.15) is 0 Å². The van der Waals surface area contributed by atoms with Crippen molar-refractivity contribution < 1.29 is 46.3 Å². The molecule has 0 unspecified atom stereocenters. The third-order valence-corrected chi connectivity index (χ3v) is 0.780. The Kier molecular flexibility index (Phi) is 16.9. The Morgan fingerprint density at radius 1 is 1.11 bits per heavy atom. The molecule has 3 heteroatoms. The summed E-state index contributed by atoms with van der Waals surface area (Å²) in [5.74, 6) is 0. The van der Waals surface area contributed by atoms with Crippen LogP contribution in [0.4, 0.5) is 0 Å². The molecule has 0 bridgehead atoms. The van der Waals surface area contributed by atoms with E-state index in [1.807, 2.05) is 0 Å². The van der Waals surface area contributed by atoms with Gasteiger partial charge in [-0.1, -0.05) is 6.92 Å². The summed E-state index contributed by atoms with van der Waals surface area (Å²) in [4.78, 5) is 0. The molecule has 0 spiro atoms. The number of hydrogen-bond acceptors (Lipinski definition) is 2. The summed E-state index contributed by atoms with van der Waals surface area (Å²) in [6.45, 7) is 4.38. The summed E-state index contributed by atoms with van der Waals surface area (Å²) in [6.07, 6.45) is 1.09. The molecule has 65 valence electrons. The van der Waals surface area contributed by atoms with Gasteiger partial charge in [0.25, 0.3) is 0 Å². The van der Waals surface area contributed by atoms with Crippen LogP contribution in [0.5, 0.6) is 0 Å². The molecule has 9 heavy (non-hydrogen) atoms. The first-order valence-corrected chi connectivity index (χ1v) is 2.98. The molecule has 0 aliphatic heterocycles. The molecule has 0 atom stereocenters. The average molecular weight is 293 g/mol. The number of rotatable bonds is 5. The van der Waals surface area contributed by atoms with E-state index in [2.05, 4.69) is 6.92 Å². The third kappa shape index (κ3) is 12.4. The molecule has 0 aromatic carbocycles. The molecule has 1 radical (unpaired) electrons. The maximum absolute atomic E-state index is 5.10. The van der Waals surface area contributed by atoms with Gasteiger partial charge in [0.2, 0.25) is 0 Å². The van der Waals surface area contributed by atoms with Gasteiger partial charge in [-0.2, -0.15) is 0 Å². The molecule has 0 aromatic heterocycles. The van der Waals surface area contributed by atoms with Crippen molar-refractivity contribution in [1.29, 1.82) is 0 Å². The van der Waals surface area contributed by atoms with Crippen LogP contribution in [0.1, 0.15) is 13.3 Å². The smallest absolute Gasteiger partial charge is 0.0700 e. The van der Waals surface area contributed by atoms with E-state index in [9.17, 15) is 0 Å². The van der Waals surface area contributed by atoms with E-state index in [1.165, 1.54) is 0 Å². The second kappa shape index (κ2) is 11.9. The van der Waals surface area contributed by atoms with E-state index in [-0.39, 0.29) is 36.9 Å². The number of hydrogen-bond donors (Lipinski definition) is 0. The molecule has 0 saturated heterocycles. The summed E-state index contributed by atoms with van der Waals surface area (Å²) in [7, 11) is 1.68. The van der Waals surface area contributed by atoms with Gasteiger partial charge in [-0.25, -0.2) is 0 Å². The van der Waals surface area contributed by atoms with E-state index < -0.39 is 0 Å². The van der Waals surface area contributed by atoms with Crippen LogP contribution in [-0.4, -0.2) is 26.9 Å². The van der Waals surface area contributed by atoms with Gasteiger partial charge in [-0.05, 0) is 6.42 Å². The summed E-state index contributed by atoms with van der Waals surface area (Å²) in [5.41, 5.74) is 0.